The molecule has 28 heavy (non-hydrogen) atoms. The molecule has 1 heterocycles. The topological polar surface area (TPSA) is 107 Å². The van der Waals surface area contributed by atoms with Crippen molar-refractivity contribution >= 4 is 17.3 Å². The summed E-state index contributed by atoms with van der Waals surface area (Å²) >= 11 is 0. The number of aryl methyl sites for hydroxylation is 2. The Morgan fingerprint density at radius 2 is 1.68 bits per heavy atom. The highest BCUT2D eigenvalue weighted by Crippen LogP contribution is 2.25. The van der Waals surface area contributed by atoms with Crippen molar-refractivity contribution in [3.63, 3.8) is 0 Å². The number of nitrogens with zero attached hydrogens (tertiary/aromatic N) is 3. The summed E-state index contributed by atoms with van der Waals surface area (Å²) in [6.07, 6.45) is 0. The fourth-order valence-electron chi connectivity index (χ4n) is 2.46. The van der Waals surface area contributed by atoms with Crippen LogP contribution in [0.25, 0.3) is 0 Å². The summed E-state index contributed by atoms with van der Waals surface area (Å²) in [6.45, 7) is 3.29. The lowest BCUT2D eigenvalue weighted by Crippen LogP contribution is -2.15. The number of nitro groups is 1. The maximum absolute atomic E-state index is 13.7. The van der Waals surface area contributed by atoms with Crippen molar-refractivity contribution in [3.8, 4) is 11.8 Å². The predicted octanol–water partition coefficient (Wildman–Crippen LogP) is 4.19. The van der Waals surface area contributed by atoms with E-state index in [1.54, 1.807) is 19.9 Å². The van der Waals surface area contributed by atoms with Crippen molar-refractivity contribution in [2.24, 2.45) is 0 Å². The van der Waals surface area contributed by atoms with E-state index in [1.165, 1.54) is 42.5 Å². The number of nitro benzene ring substituents is 1. The molecule has 0 unspecified atom stereocenters. The molecule has 0 aliphatic carbocycles. The first-order valence-corrected chi connectivity index (χ1v) is 8.18. The quantitative estimate of drug-likeness (QED) is 0.524. The minimum atomic E-state index is -0.544. The average molecular weight is 382 g/mol. The van der Waals surface area contributed by atoms with E-state index in [1.807, 2.05) is 0 Å². The van der Waals surface area contributed by atoms with Crippen LogP contribution in [0.3, 0.4) is 0 Å². The Balaban J connectivity index is 1.80. The van der Waals surface area contributed by atoms with Gasteiger partial charge in [0.15, 0.2) is 11.6 Å². The smallest absolute Gasteiger partial charge is 0.322 e. The van der Waals surface area contributed by atoms with Crippen molar-refractivity contribution < 1.29 is 18.8 Å². The van der Waals surface area contributed by atoms with Crippen LogP contribution in [-0.4, -0.2) is 20.8 Å². The minimum Gasteiger partial charge on any atom is -0.421 e. The number of halogens is 1. The van der Waals surface area contributed by atoms with Crippen LogP contribution in [0.2, 0.25) is 0 Å². The number of carbonyl (C=O) groups excluding carboxylic acids is 1. The number of ether oxygens (including phenoxy) is 1. The standard InChI is InChI=1S/C19H15FN4O4/c1-11-17(23-18(25)13-7-9-14(10-8-13)24(26)27)12(2)22-19(21-11)28-16-6-4-3-5-15(16)20/h3-10H,1-2H3,(H,23,25). The number of hydrogen-bond donors (Lipinski definition) is 1. The minimum absolute atomic E-state index is 0.0102. The van der Waals surface area contributed by atoms with E-state index in [-0.39, 0.29) is 23.0 Å². The molecule has 0 fully saturated rings. The zero-order valence-corrected chi connectivity index (χ0v) is 15.0. The second-order valence-corrected chi connectivity index (χ2v) is 5.84. The molecule has 0 saturated carbocycles. The molecule has 3 rings (SSSR count). The lowest BCUT2D eigenvalue weighted by molar-refractivity contribution is -0.384. The SMILES string of the molecule is Cc1nc(Oc2ccccc2F)nc(C)c1NC(=O)c1ccc([N+](=O)[O-])cc1. The number of para-hydroxylation sites is 1. The molecule has 1 aromatic heterocycles. The summed E-state index contributed by atoms with van der Waals surface area (Å²) in [5, 5.41) is 13.4. The molecule has 0 atom stereocenters. The Bertz CT molecular complexity index is 1030. The summed E-state index contributed by atoms with van der Waals surface area (Å²) < 4.78 is 19.1. The number of benzene rings is 2. The average Bonchev–Trinajstić information content (AvgIpc) is 2.66. The van der Waals surface area contributed by atoms with Gasteiger partial charge in [0, 0.05) is 17.7 Å². The van der Waals surface area contributed by atoms with Gasteiger partial charge < -0.3 is 10.1 Å². The van der Waals surface area contributed by atoms with Gasteiger partial charge in [-0.3, -0.25) is 14.9 Å². The normalized spacial score (nSPS) is 10.4. The number of nitrogens with one attached hydrogen (secondary N) is 1. The molecule has 0 aliphatic heterocycles. The molecule has 3 aromatic rings. The summed E-state index contributed by atoms with van der Waals surface area (Å²) in [5.74, 6) is -1.02. The Labute approximate surface area is 159 Å². The third kappa shape index (κ3) is 4.09. The summed E-state index contributed by atoms with van der Waals surface area (Å²) in [5.41, 5.74) is 1.37. The molecule has 0 aliphatic rings. The highest BCUT2D eigenvalue weighted by molar-refractivity contribution is 6.04. The third-order valence-electron chi connectivity index (χ3n) is 3.87. The third-order valence-corrected chi connectivity index (χ3v) is 3.87. The van der Waals surface area contributed by atoms with Crippen molar-refractivity contribution in [2.45, 2.75) is 13.8 Å². The zero-order chi connectivity index (χ0) is 20.3. The first-order chi connectivity index (χ1) is 13.3. The van der Waals surface area contributed by atoms with Crippen molar-refractivity contribution in [1.29, 1.82) is 0 Å². The van der Waals surface area contributed by atoms with Gasteiger partial charge in [0.1, 0.15) is 0 Å². The van der Waals surface area contributed by atoms with Crippen LogP contribution >= 0.6 is 0 Å². The molecule has 9 heteroatoms. The van der Waals surface area contributed by atoms with Gasteiger partial charge in [-0.05, 0) is 38.1 Å². The lowest BCUT2D eigenvalue weighted by atomic mass is 10.2. The summed E-state index contributed by atoms with van der Waals surface area (Å²) in [7, 11) is 0. The number of aromatic nitrogens is 2. The second-order valence-electron chi connectivity index (χ2n) is 5.84. The molecule has 0 radical (unpaired) electrons. The molecule has 1 N–H and O–H groups in total. The predicted molar refractivity (Wildman–Crippen MR) is 99.0 cm³/mol. The van der Waals surface area contributed by atoms with Crippen LogP contribution < -0.4 is 10.1 Å². The van der Waals surface area contributed by atoms with Crippen LogP contribution in [0.4, 0.5) is 15.8 Å². The van der Waals surface area contributed by atoms with E-state index >= 15 is 0 Å². The van der Waals surface area contributed by atoms with Gasteiger partial charge in [0.2, 0.25) is 0 Å². The molecule has 0 bridgehead atoms. The van der Waals surface area contributed by atoms with Gasteiger partial charge >= 0.3 is 6.01 Å². The highest BCUT2D eigenvalue weighted by atomic mass is 19.1. The van der Waals surface area contributed by atoms with Crippen LogP contribution in [0.1, 0.15) is 21.7 Å². The number of amides is 1. The molecule has 1 amide bonds. The van der Waals surface area contributed by atoms with Gasteiger partial charge in [0.05, 0.1) is 22.0 Å². The Hall–Kier alpha value is -3.88. The van der Waals surface area contributed by atoms with E-state index in [0.29, 0.717) is 17.1 Å². The Kier molecular flexibility index (Phi) is 5.25. The molecule has 142 valence electrons. The number of anilines is 1. The number of non-ortho nitro benzene ring substituents is 1. The van der Waals surface area contributed by atoms with E-state index in [0.717, 1.165) is 0 Å². The van der Waals surface area contributed by atoms with Crippen LogP contribution in [-0.2, 0) is 0 Å². The number of rotatable bonds is 5. The maximum atomic E-state index is 13.7. The summed E-state index contributed by atoms with van der Waals surface area (Å²) in [4.78, 5) is 30.9. The zero-order valence-electron chi connectivity index (χ0n) is 15.0. The van der Waals surface area contributed by atoms with Crippen LogP contribution in [0, 0.1) is 29.8 Å². The Morgan fingerprint density at radius 1 is 1.07 bits per heavy atom. The van der Waals surface area contributed by atoms with Gasteiger partial charge in [-0.25, -0.2) is 4.39 Å². The number of carbonyl (C=O) groups is 1. The van der Waals surface area contributed by atoms with Crippen molar-refractivity contribution in [3.05, 3.63) is 81.4 Å². The van der Waals surface area contributed by atoms with Gasteiger partial charge in [0.25, 0.3) is 11.6 Å². The van der Waals surface area contributed by atoms with Gasteiger partial charge in [-0.15, -0.1) is 0 Å². The molecule has 0 saturated heterocycles. The van der Waals surface area contributed by atoms with E-state index in [9.17, 15) is 19.3 Å². The van der Waals surface area contributed by atoms with Gasteiger partial charge in [-0.2, -0.15) is 9.97 Å². The maximum Gasteiger partial charge on any atom is 0.322 e. The van der Waals surface area contributed by atoms with Crippen molar-refractivity contribution in [2.75, 3.05) is 5.32 Å². The number of hydrogen-bond acceptors (Lipinski definition) is 6. The lowest BCUT2D eigenvalue weighted by Gasteiger charge is -2.12. The monoisotopic (exact) mass is 382 g/mol. The van der Waals surface area contributed by atoms with E-state index in [4.69, 9.17) is 4.74 Å². The van der Waals surface area contributed by atoms with Gasteiger partial charge in [-0.1, -0.05) is 12.1 Å². The first-order valence-electron chi connectivity index (χ1n) is 8.18. The van der Waals surface area contributed by atoms with Crippen LogP contribution in [0.5, 0.6) is 11.8 Å². The van der Waals surface area contributed by atoms with E-state index in [2.05, 4.69) is 15.3 Å². The molecule has 0 spiro atoms. The highest BCUT2D eigenvalue weighted by Gasteiger charge is 2.16. The Morgan fingerprint density at radius 3 is 2.25 bits per heavy atom. The largest absolute Gasteiger partial charge is 0.421 e. The molecular formula is C19H15FN4O4. The fourth-order valence-corrected chi connectivity index (χ4v) is 2.46. The molecule has 8 nitrogen and oxygen atoms in total. The molecule has 2 aromatic carbocycles. The van der Waals surface area contributed by atoms with Crippen LogP contribution in [0.15, 0.2) is 48.5 Å². The van der Waals surface area contributed by atoms with E-state index < -0.39 is 16.6 Å². The first kappa shape index (κ1) is 18.9. The fraction of sp³-hybridized carbons (Fsp3) is 0.105. The summed E-state index contributed by atoms with van der Waals surface area (Å²) in [6, 6.07) is 11.0. The second kappa shape index (κ2) is 7.78. The van der Waals surface area contributed by atoms with Crippen molar-refractivity contribution in [1.82, 2.24) is 9.97 Å². The molecular weight excluding hydrogens is 367 g/mol.